The van der Waals surface area contributed by atoms with Crippen molar-refractivity contribution in [3.05, 3.63) is 53.1 Å². The summed E-state index contributed by atoms with van der Waals surface area (Å²) in [5.74, 6) is -0.0524. The maximum atomic E-state index is 13.0. The Labute approximate surface area is 162 Å². The summed E-state index contributed by atoms with van der Waals surface area (Å²) < 4.78 is 22.3. The topological polar surface area (TPSA) is 57.2 Å². The highest BCUT2D eigenvalue weighted by Gasteiger charge is 2.56. The largest absolute Gasteiger partial charge is 0.497 e. The second-order valence-electron chi connectivity index (χ2n) is 6.28. The fraction of sp³-hybridized carbons (Fsp3) is 0.350. The van der Waals surface area contributed by atoms with E-state index in [1.54, 1.807) is 24.1 Å². The van der Waals surface area contributed by atoms with Crippen molar-refractivity contribution in [1.29, 1.82) is 0 Å². The number of fused-ring (bicyclic) bond motifs is 2. The lowest BCUT2D eigenvalue weighted by molar-refractivity contribution is -0.180. The highest BCUT2D eigenvalue weighted by atomic mass is 35.5. The molecule has 6 nitrogen and oxygen atoms in total. The van der Waals surface area contributed by atoms with Crippen LogP contribution in [0.15, 0.2) is 42.5 Å². The van der Waals surface area contributed by atoms with Crippen LogP contribution in [0.3, 0.4) is 0 Å². The van der Waals surface area contributed by atoms with Gasteiger partial charge in [-0.2, -0.15) is 0 Å². The number of hydrogen-bond acceptors (Lipinski definition) is 5. The van der Waals surface area contributed by atoms with Gasteiger partial charge in [0, 0.05) is 12.1 Å². The summed E-state index contributed by atoms with van der Waals surface area (Å²) in [6.45, 7) is 1.68. The monoisotopic (exact) mass is 389 g/mol. The number of anilines is 1. The van der Waals surface area contributed by atoms with E-state index in [9.17, 15) is 4.79 Å². The second kappa shape index (κ2) is 7.38. The van der Waals surface area contributed by atoms with Crippen LogP contribution in [0.25, 0.3) is 0 Å². The Bertz CT molecular complexity index is 833. The average molecular weight is 390 g/mol. The Balaban J connectivity index is 1.44. The highest BCUT2D eigenvalue weighted by molar-refractivity contribution is 6.35. The molecule has 0 bridgehead atoms. The number of benzene rings is 2. The van der Waals surface area contributed by atoms with Crippen molar-refractivity contribution < 1.29 is 23.7 Å². The van der Waals surface area contributed by atoms with E-state index in [1.165, 1.54) is 0 Å². The molecule has 7 heteroatoms. The molecule has 4 rings (SSSR count). The lowest BCUT2D eigenvalue weighted by atomic mass is 10.1. The van der Waals surface area contributed by atoms with E-state index in [0.29, 0.717) is 49.1 Å². The zero-order valence-corrected chi connectivity index (χ0v) is 15.7. The predicted octanol–water partition coefficient (Wildman–Crippen LogP) is 3.36. The predicted molar refractivity (Wildman–Crippen MR) is 100 cm³/mol. The molecule has 1 spiro atoms. The summed E-state index contributed by atoms with van der Waals surface area (Å²) in [5, 5.41) is 0.507. The number of halogens is 1. The highest BCUT2D eigenvalue weighted by Crippen LogP contribution is 2.48. The molecule has 0 aliphatic carbocycles. The van der Waals surface area contributed by atoms with Crippen LogP contribution in [0.2, 0.25) is 5.02 Å². The first-order valence-corrected chi connectivity index (χ1v) is 9.19. The van der Waals surface area contributed by atoms with Gasteiger partial charge in [-0.25, -0.2) is 0 Å². The van der Waals surface area contributed by atoms with Crippen molar-refractivity contribution in [2.75, 3.05) is 38.4 Å². The van der Waals surface area contributed by atoms with Gasteiger partial charge in [0.2, 0.25) is 0 Å². The summed E-state index contributed by atoms with van der Waals surface area (Å²) in [4.78, 5) is 14.7. The molecule has 1 fully saturated rings. The molecule has 0 saturated carbocycles. The van der Waals surface area contributed by atoms with Crippen LogP contribution in [-0.2, 0) is 20.1 Å². The summed E-state index contributed by atoms with van der Waals surface area (Å²) >= 11 is 6.38. The van der Waals surface area contributed by atoms with E-state index < -0.39 is 5.79 Å². The normalized spacial score (nSPS) is 17.4. The van der Waals surface area contributed by atoms with Crippen LogP contribution in [0.5, 0.6) is 11.5 Å². The first kappa shape index (κ1) is 18.1. The molecule has 1 saturated heterocycles. The van der Waals surface area contributed by atoms with E-state index in [-0.39, 0.29) is 5.91 Å². The van der Waals surface area contributed by atoms with Crippen LogP contribution < -0.4 is 14.4 Å². The SMILES string of the molecule is COc1ccc(OCCCN2C(=O)C3(OCCO3)c3cccc(Cl)c32)cc1. The van der Waals surface area contributed by atoms with Gasteiger partial charge in [0.1, 0.15) is 11.5 Å². The molecular formula is C20H20ClNO5. The maximum Gasteiger partial charge on any atom is 0.292 e. The average Bonchev–Trinajstić information content (AvgIpc) is 3.27. The Kier molecular flexibility index (Phi) is 4.95. The summed E-state index contributed by atoms with van der Waals surface area (Å²) in [6.07, 6.45) is 0.637. The number of amides is 1. The van der Waals surface area contributed by atoms with Gasteiger partial charge in [-0.05, 0) is 36.8 Å². The Hall–Kier alpha value is -2.28. The maximum absolute atomic E-state index is 13.0. The van der Waals surface area contributed by atoms with E-state index in [0.717, 1.165) is 11.5 Å². The minimum absolute atomic E-state index is 0.229. The van der Waals surface area contributed by atoms with Gasteiger partial charge in [0.15, 0.2) is 0 Å². The van der Waals surface area contributed by atoms with Crippen molar-refractivity contribution in [3.8, 4) is 11.5 Å². The van der Waals surface area contributed by atoms with Gasteiger partial charge in [-0.3, -0.25) is 4.79 Å². The van der Waals surface area contributed by atoms with Crippen molar-refractivity contribution in [2.45, 2.75) is 12.2 Å². The number of hydrogen-bond donors (Lipinski definition) is 0. The Morgan fingerprint density at radius 3 is 2.52 bits per heavy atom. The standard InChI is InChI=1S/C20H20ClNO5/c1-24-14-6-8-15(9-7-14)25-11-3-10-22-18-16(4-2-5-17(18)21)20(19(22)23)26-12-13-27-20/h2,4-9H,3,10-13H2,1H3. The Morgan fingerprint density at radius 2 is 1.81 bits per heavy atom. The molecule has 0 radical (unpaired) electrons. The summed E-state index contributed by atoms with van der Waals surface area (Å²) in [5.41, 5.74) is 1.34. The zero-order valence-electron chi connectivity index (χ0n) is 14.9. The van der Waals surface area contributed by atoms with E-state index >= 15 is 0 Å². The molecule has 2 aliphatic rings. The molecule has 0 aromatic heterocycles. The molecule has 2 aliphatic heterocycles. The molecule has 0 unspecified atom stereocenters. The van der Waals surface area contributed by atoms with Crippen LogP contribution >= 0.6 is 11.6 Å². The van der Waals surface area contributed by atoms with Gasteiger partial charge >= 0.3 is 0 Å². The molecule has 2 heterocycles. The number of rotatable bonds is 6. The van der Waals surface area contributed by atoms with E-state index in [2.05, 4.69) is 0 Å². The lowest BCUT2D eigenvalue weighted by Crippen LogP contribution is -2.41. The second-order valence-corrected chi connectivity index (χ2v) is 6.69. The molecule has 0 N–H and O–H groups in total. The number of methoxy groups -OCH3 is 1. The van der Waals surface area contributed by atoms with Crippen LogP contribution in [0.1, 0.15) is 12.0 Å². The molecule has 1 amide bonds. The molecule has 27 heavy (non-hydrogen) atoms. The van der Waals surface area contributed by atoms with E-state index in [1.807, 2.05) is 30.3 Å². The van der Waals surface area contributed by atoms with Gasteiger partial charge in [0.05, 0.1) is 37.6 Å². The first-order valence-electron chi connectivity index (χ1n) is 8.81. The van der Waals surface area contributed by atoms with Crippen molar-refractivity contribution in [3.63, 3.8) is 0 Å². The van der Waals surface area contributed by atoms with Crippen molar-refractivity contribution in [2.24, 2.45) is 0 Å². The molecule has 2 aromatic rings. The summed E-state index contributed by atoms with van der Waals surface area (Å²) in [7, 11) is 1.62. The third kappa shape index (κ3) is 3.14. The van der Waals surface area contributed by atoms with Gasteiger partial charge in [-0.1, -0.05) is 23.7 Å². The lowest BCUT2D eigenvalue weighted by Gasteiger charge is -2.22. The van der Waals surface area contributed by atoms with Crippen molar-refractivity contribution in [1.82, 2.24) is 0 Å². The third-order valence-electron chi connectivity index (χ3n) is 4.69. The number of nitrogens with zero attached hydrogens (tertiary/aromatic N) is 1. The number of carbonyl (C=O) groups is 1. The molecular weight excluding hydrogens is 370 g/mol. The minimum atomic E-state index is -1.35. The number of para-hydroxylation sites is 1. The summed E-state index contributed by atoms with van der Waals surface area (Å²) in [6, 6.07) is 12.8. The quantitative estimate of drug-likeness (QED) is 0.709. The van der Waals surface area contributed by atoms with Crippen molar-refractivity contribution >= 4 is 23.2 Å². The molecule has 2 aromatic carbocycles. The first-order chi connectivity index (χ1) is 13.2. The van der Waals surface area contributed by atoms with E-state index in [4.69, 9.17) is 30.5 Å². The third-order valence-corrected chi connectivity index (χ3v) is 4.99. The minimum Gasteiger partial charge on any atom is -0.497 e. The number of ether oxygens (including phenoxy) is 4. The van der Waals surface area contributed by atoms with Crippen LogP contribution in [0.4, 0.5) is 5.69 Å². The Morgan fingerprint density at radius 1 is 1.11 bits per heavy atom. The van der Waals surface area contributed by atoms with Gasteiger partial charge in [0.25, 0.3) is 11.7 Å². The van der Waals surface area contributed by atoms with Crippen LogP contribution in [0, 0.1) is 0 Å². The fourth-order valence-electron chi connectivity index (χ4n) is 3.44. The molecule has 0 atom stereocenters. The smallest absolute Gasteiger partial charge is 0.292 e. The van der Waals surface area contributed by atoms with Crippen LogP contribution in [-0.4, -0.2) is 39.4 Å². The fourth-order valence-corrected chi connectivity index (χ4v) is 3.72. The number of carbonyl (C=O) groups excluding carboxylic acids is 1. The zero-order chi connectivity index (χ0) is 18.9. The van der Waals surface area contributed by atoms with Gasteiger partial charge in [-0.15, -0.1) is 0 Å². The van der Waals surface area contributed by atoms with Gasteiger partial charge < -0.3 is 23.8 Å². The molecule has 142 valence electrons.